The summed E-state index contributed by atoms with van der Waals surface area (Å²) in [6, 6.07) is 8.19. The summed E-state index contributed by atoms with van der Waals surface area (Å²) in [7, 11) is 0. The molecule has 29 heavy (non-hydrogen) atoms. The Bertz CT molecular complexity index is 1180. The van der Waals surface area contributed by atoms with Crippen molar-refractivity contribution in [2.24, 2.45) is 17.3 Å². The number of rotatable bonds is 3. The number of carbonyl (C=O) groups is 1. The lowest BCUT2D eigenvalue weighted by Crippen LogP contribution is -2.37. The van der Waals surface area contributed by atoms with E-state index in [4.69, 9.17) is 4.74 Å². The molecule has 3 aromatic rings. The van der Waals surface area contributed by atoms with Gasteiger partial charge in [-0.2, -0.15) is 15.5 Å². The van der Waals surface area contributed by atoms with Crippen molar-refractivity contribution in [1.82, 2.24) is 19.4 Å². The second kappa shape index (κ2) is 5.60. The Morgan fingerprint density at radius 1 is 1.34 bits per heavy atom. The third-order valence-electron chi connectivity index (χ3n) is 6.61. The zero-order valence-corrected chi connectivity index (χ0v) is 16.1. The predicted octanol–water partition coefficient (Wildman–Crippen LogP) is 2.49. The van der Waals surface area contributed by atoms with E-state index in [1.54, 1.807) is 15.6 Å². The summed E-state index contributed by atoms with van der Waals surface area (Å²) >= 11 is 0. The summed E-state index contributed by atoms with van der Waals surface area (Å²) in [6.07, 6.45) is 5.54. The smallest absolute Gasteiger partial charge is 0.248 e. The van der Waals surface area contributed by atoms with Crippen LogP contribution in [0.5, 0.6) is 5.88 Å². The topological polar surface area (TPSA) is 88.4 Å². The van der Waals surface area contributed by atoms with Crippen molar-refractivity contribution >= 4 is 17.1 Å². The van der Waals surface area contributed by atoms with Gasteiger partial charge in [-0.05, 0) is 30.9 Å². The molecule has 5 heterocycles. The molecular formula is C21H20N6O2. The molecule has 3 aromatic heterocycles. The Morgan fingerprint density at radius 3 is 2.97 bits per heavy atom. The first-order valence-electron chi connectivity index (χ1n) is 10.0. The van der Waals surface area contributed by atoms with E-state index in [0.29, 0.717) is 13.2 Å². The Kier molecular flexibility index (Phi) is 3.20. The summed E-state index contributed by atoms with van der Waals surface area (Å²) in [5.41, 5.74) is 2.48. The summed E-state index contributed by atoms with van der Waals surface area (Å²) in [4.78, 5) is 15.2. The predicted molar refractivity (Wildman–Crippen MR) is 104 cm³/mol. The number of hydrogen-bond donors (Lipinski definition) is 0. The molecule has 1 saturated heterocycles. The van der Waals surface area contributed by atoms with E-state index in [0.717, 1.165) is 47.7 Å². The molecule has 6 rings (SSSR count). The van der Waals surface area contributed by atoms with Gasteiger partial charge < -0.3 is 9.64 Å². The van der Waals surface area contributed by atoms with E-state index >= 15 is 0 Å². The molecule has 0 spiro atoms. The normalized spacial score (nSPS) is 26.0. The van der Waals surface area contributed by atoms with Crippen molar-refractivity contribution in [3.63, 3.8) is 0 Å². The number of amides is 1. The number of fused-ring (bicyclic) bond motifs is 2. The fourth-order valence-corrected chi connectivity index (χ4v) is 4.93. The Morgan fingerprint density at radius 2 is 2.21 bits per heavy atom. The van der Waals surface area contributed by atoms with Crippen LogP contribution < -0.4 is 9.64 Å². The second-order valence-corrected chi connectivity index (χ2v) is 8.29. The molecule has 3 aliphatic rings. The van der Waals surface area contributed by atoms with Crippen LogP contribution in [-0.4, -0.2) is 38.5 Å². The van der Waals surface area contributed by atoms with E-state index in [2.05, 4.69) is 16.3 Å². The van der Waals surface area contributed by atoms with Gasteiger partial charge in [-0.3, -0.25) is 4.79 Å². The van der Waals surface area contributed by atoms with Crippen LogP contribution in [0, 0.1) is 28.6 Å². The SMILES string of the molecule is C[C@@H]1CN(c2ccnn3cc(-c4cc5n(n4)CCO5)cc23)C(=O)[C@]1(C#N)C1CC1. The van der Waals surface area contributed by atoms with Crippen LogP contribution in [0.1, 0.15) is 19.8 Å². The first-order valence-corrected chi connectivity index (χ1v) is 10.0. The lowest BCUT2D eigenvalue weighted by molar-refractivity contribution is -0.124. The Labute approximate surface area is 167 Å². The fraction of sp³-hybridized carbons (Fsp3) is 0.429. The minimum Gasteiger partial charge on any atom is -0.476 e. The largest absolute Gasteiger partial charge is 0.476 e. The molecule has 2 atom stereocenters. The number of carbonyl (C=O) groups excluding carboxylic acids is 1. The summed E-state index contributed by atoms with van der Waals surface area (Å²) in [6.45, 7) is 3.98. The average molecular weight is 388 g/mol. The Hall–Kier alpha value is -3.34. The maximum absolute atomic E-state index is 13.4. The van der Waals surface area contributed by atoms with E-state index in [1.165, 1.54) is 0 Å². The highest BCUT2D eigenvalue weighted by Gasteiger charge is 2.61. The number of nitrogens with zero attached hydrogens (tertiary/aromatic N) is 6. The van der Waals surface area contributed by atoms with Crippen molar-refractivity contribution < 1.29 is 9.53 Å². The highest BCUT2D eigenvalue weighted by molar-refractivity contribution is 6.05. The third-order valence-corrected chi connectivity index (χ3v) is 6.61. The zero-order chi connectivity index (χ0) is 19.8. The van der Waals surface area contributed by atoms with Crippen molar-refractivity contribution in [2.75, 3.05) is 18.1 Å². The number of aromatic nitrogens is 4. The molecule has 0 aromatic carbocycles. The molecule has 146 valence electrons. The van der Waals surface area contributed by atoms with Crippen LogP contribution in [0.25, 0.3) is 16.8 Å². The summed E-state index contributed by atoms with van der Waals surface area (Å²) < 4.78 is 9.19. The van der Waals surface area contributed by atoms with Gasteiger partial charge in [-0.25, -0.2) is 9.20 Å². The van der Waals surface area contributed by atoms with Crippen molar-refractivity contribution in [3.8, 4) is 23.2 Å². The monoisotopic (exact) mass is 388 g/mol. The highest BCUT2D eigenvalue weighted by atomic mass is 16.5. The molecule has 1 saturated carbocycles. The molecule has 0 bridgehead atoms. The third kappa shape index (κ3) is 2.15. The number of nitriles is 1. The number of hydrogen-bond acceptors (Lipinski definition) is 5. The van der Waals surface area contributed by atoms with Crippen LogP contribution >= 0.6 is 0 Å². The van der Waals surface area contributed by atoms with Gasteiger partial charge in [0.05, 0.1) is 29.5 Å². The Balaban J connectivity index is 1.43. The molecule has 2 fully saturated rings. The van der Waals surface area contributed by atoms with E-state index in [9.17, 15) is 10.1 Å². The van der Waals surface area contributed by atoms with E-state index < -0.39 is 5.41 Å². The van der Waals surface area contributed by atoms with Crippen molar-refractivity contribution in [2.45, 2.75) is 26.3 Å². The van der Waals surface area contributed by atoms with E-state index in [-0.39, 0.29) is 17.7 Å². The van der Waals surface area contributed by atoms with Gasteiger partial charge in [0, 0.05) is 36.5 Å². The van der Waals surface area contributed by atoms with Gasteiger partial charge in [-0.1, -0.05) is 6.92 Å². The summed E-state index contributed by atoms with van der Waals surface area (Å²) in [5.74, 6) is 0.895. The first kappa shape index (κ1) is 16.6. The van der Waals surface area contributed by atoms with Gasteiger partial charge in [0.25, 0.3) is 0 Å². The molecule has 8 heteroatoms. The quantitative estimate of drug-likeness (QED) is 0.688. The van der Waals surface area contributed by atoms with E-state index in [1.807, 2.05) is 36.0 Å². The molecule has 0 N–H and O–H groups in total. The first-order chi connectivity index (χ1) is 14.1. The van der Waals surface area contributed by atoms with Crippen LogP contribution in [0.15, 0.2) is 30.6 Å². The van der Waals surface area contributed by atoms with Crippen molar-refractivity contribution in [3.05, 3.63) is 30.6 Å². The van der Waals surface area contributed by atoms with Gasteiger partial charge >= 0.3 is 0 Å². The molecule has 1 amide bonds. The second-order valence-electron chi connectivity index (χ2n) is 8.29. The average Bonchev–Trinajstić information content (AvgIpc) is 3.05. The summed E-state index contributed by atoms with van der Waals surface area (Å²) in [5, 5.41) is 18.9. The lowest BCUT2D eigenvalue weighted by Gasteiger charge is -2.23. The number of ether oxygens (including phenoxy) is 1. The molecule has 0 radical (unpaired) electrons. The zero-order valence-electron chi connectivity index (χ0n) is 16.1. The van der Waals surface area contributed by atoms with Gasteiger partial charge in [0.15, 0.2) is 0 Å². The maximum Gasteiger partial charge on any atom is 0.248 e. The van der Waals surface area contributed by atoms with Gasteiger partial charge in [0.1, 0.15) is 12.0 Å². The highest BCUT2D eigenvalue weighted by Crippen LogP contribution is 2.54. The molecule has 2 aliphatic heterocycles. The molecule has 8 nitrogen and oxygen atoms in total. The van der Waals surface area contributed by atoms with Gasteiger partial charge in [0.2, 0.25) is 11.8 Å². The number of anilines is 1. The van der Waals surface area contributed by atoms with Crippen LogP contribution in [-0.2, 0) is 11.3 Å². The fourth-order valence-electron chi connectivity index (χ4n) is 4.93. The van der Waals surface area contributed by atoms with Crippen LogP contribution in [0.4, 0.5) is 5.69 Å². The van der Waals surface area contributed by atoms with Crippen molar-refractivity contribution in [1.29, 1.82) is 5.26 Å². The molecule has 1 aliphatic carbocycles. The maximum atomic E-state index is 13.4. The molecular weight excluding hydrogens is 368 g/mol. The van der Waals surface area contributed by atoms with Gasteiger partial charge in [-0.15, -0.1) is 0 Å². The minimum absolute atomic E-state index is 0.00316. The molecule has 0 unspecified atom stereocenters. The van der Waals surface area contributed by atoms with Crippen LogP contribution in [0.3, 0.4) is 0 Å². The standard InChI is InChI=1S/C21H20N6O2/c1-13-10-25(20(28)21(13,12-22)15-2-3-15)17-4-5-23-27-11-14(8-18(17)27)16-9-19-26(24-16)6-7-29-19/h4-5,8-9,11,13,15H,2-3,6-7,10H2,1H3/t13-,21+/m1/s1. The van der Waals surface area contributed by atoms with Crippen LogP contribution in [0.2, 0.25) is 0 Å². The lowest BCUT2D eigenvalue weighted by atomic mass is 9.75. The minimum atomic E-state index is -0.891.